The highest BCUT2D eigenvalue weighted by Crippen LogP contribution is 2.43. The normalized spacial score (nSPS) is 18.8. The van der Waals surface area contributed by atoms with Crippen LogP contribution in [0.1, 0.15) is 92.0 Å². The van der Waals surface area contributed by atoms with Crippen LogP contribution in [0.5, 0.6) is 5.75 Å². The third-order valence-corrected chi connectivity index (χ3v) is 8.08. The van der Waals surface area contributed by atoms with E-state index < -0.39 is 18.5 Å². The number of hydrogen-bond acceptors (Lipinski definition) is 3. The second kappa shape index (κ2) is 10.8. The molecule has 0 bridgehead atoms. The lowest BCUT2D eigenvalue weighted by Gasteiger charge is -2.21. The molecule has 6 nitrogen and oxygen atoms in total. The predicted molar refractivity (Wildman–Crippen MR) is 141 cm³/mol. The summed E-state index contributed by atoms with van der Waals surface area (Å²) in [6.07, 6.45) is 11.2. The van der Waals surface area contributed by atoms with Crippen molar-refractivity contribution in [2.75, 3.05) is 6.61 Å². The van der Waals surface area contributed by atoms with Crippen molar-refractivity contribution in [3.05, 3.63) is 64.8 Å². The van der Waals surface area contributed by atoms with Gasteiger partial charge in [0.05, 0.1) is 11.4 Å². The topological polar surface area (TPSA) is 94.6 Å². The lowest BCUT2D eigenvalue weighted by molar-refractivity contribution is -0.139. The molecule has 190 valence electrons. The Labute approximate surface area is 212 Å². The predicted octanol–water partition coefficient (Wildman–Crippen LogP) is 5.89. The molecule has 2 aliphatic carbocycles. The van der Waals surface area contributed by atoms with Crippen LogP contribution in [0, 0.1) is 0 Å². The number of aliphatic carboxylic acids is 1. The van der Waals surface area contributed by atoms with Gasteiger partial charge in [0.25, 0.3) is 0 Å². The van der Waals surface area contributed by atoms with E-state index in [4.69, 9.17) is 10.5 Å². The van der Waals surface area contributed by atoms with Crippen molar-refractivity contribution in [2.45, 2.75) is 82.6 Å². The molecule has 1 unspecified atom stereocenters. The van der Waals surface area contributed by atoms with Crippen LogP contribution in [-0.2, 0) is 22.6 Å². The van der Waals surface area contributed by atoms with E-state index in [9.17, 15) is 14.7 Å². The summed E-state index contributed by atoms with van der Waals surface area (Å²) in [5.74, 6) is -0.671. The Morgan fingerprint density at radius 1 is 0.944 bits per heavy atom. The summed E-state index contributed by atoms with van der Waals surface area (Å²) in [5.41, 5.74) is 11.7. The van der Waals surface area contributed by atoms with Gasteiger partial charge in [-0.2, -0.15) is 0 Å². The van der Waals surface area contributed by atoms with Gasteiger partial charge in [-0.1, -0.05) is 62.4 Å². The van der Waals surface area contributed by atoms with E-state index in [-0.39, 0.29) is 5.91 Å². The smallest absolute Gasteiger partial charge is 0.341 e. The number of benzene rings is 2. The quantitative estimate of drug-likeness (QED) is 0.320. The molecule has 0 saturated heterocycles. The van der Waals surface area contributed by atoms with Crippen LogP contribution in [0.4, 0.5) is 0 Å². The van der Waals surface area contributed by atoms with Gasteiger partial charge in [-0.05, 0) is 66.8 Å². The fourth-order valence-electron chi connectivity index (χ4n) is 6.44. The average molecular weight is 489 g/mol. The summed E-state index contributed by atoms with van der Waals surface area (Å²) in [5, 5.41) is 10.1. The van der Waals surface area contributed by atoms with Gasteiger partial charge in [-0.3, -0.25) is 4.79 Å². The number of carboxylic acids is 1. The van der Waals surface area contributed by atoms with E-state index in [1.165, 1.54) is 49.7 Å². The van der Waals surface area contributed by atoms with E-state index in [0.29, 0.717) is 24.6 Å². The minimum Gasteiger partial charge on any atom is -0.481 e. The lowest BCUT2D eigenvalue weighted by Crippen LogP contribution is -2.21. The van der Waals surface area contributed by atoms with E-state index in [1.54, 1.807) is 6.07 Å². The monoisotopic (exact) mass is 488 g/mol. The molecule has 2 aliphatic rings. The Morgan fingerprint density at radius 2 is 1.69 bits per heavy atom. The van der Waals surface area contributed by atoms with Crippen LogP contribution in [0.3, 0.4) is 0 Å². The number of ether oxygens (including phenoxy) is 1. The van der Waals surface area contributed by atoms with Crippen molar-refractivity contribution in [2.24, 2.45) is 5.73 Å². The van der Waals surface area contributed by atoms with Crippen molar-refractivity contribution in [3.63, 3.8) is 0 Å². The second-order valence-corrected chi connectivity index (χ2v) is 10.4. The molecule has 2 aromatic carbocycles. The first kappa shape index (κ1) is 24.4. The molecule has 1 atom stereocenters. The first-order valence-corrected chi connectivity index (χ1v) is 13.4. The van der Waals surface area contributed by atoms with Gasteiger partial charge in [0, 0.05) is 17.6 Å². The van der Waals surface area contributed by atoms with Crippen molar-refractivity contribution >= 4 is 22.8 Å². The molecule has 1 heterocycles. The molecule has 1 fully saturated rings. The molecule has 36 heavy (non-hydrogen) atoms. The Morgan fingerprint density at radius 3 is 2.44 bits per heavy atom. The lowest BCUT2D eigenvalue weighted by atomic mass is 9.88. The Kier molecular flexibility index (Phi) is 7.30. The number of rotatable bonds is 7. The van der Waals surface area contributed by atoms with E-state index in [1.807, 2.05) is 6.07 Å². The number of primary amides is 1. The first-order valence-electron chi connectivity index (χ1n) is 13.4. The molecule has 0 radical (unpaired) electrons. The number of nitrogens with zero attached hydrogens (tertiary/aromatic N) is 1. The van der Waals surface area contributed by atoms with Gasteiger partial charge in [-0.25, -0.2) is 4.79 Å². The van der Waals surface area contributed by atoms with Gasteiger partial charge in [0.2, 0.25) is 5.91 Å². The van der Waals surface area contributed by atoms with Crippen molar-refractivity contribution in [1.29, 1.82) is 0 Å². The Hall–Kier alpha value is -3.28. The van der Waals surface area contributed by atoms with Crippen molar-refractivity contribution in [1.82, 2.24) is 4.57 Å². The van der Waals surface area contributed by atoms with Crippen molar-refractivity contribution < 1.29 is 19.4 Å². The molecule has 1 saturated carbocycles. The highest BCUT2D eigenvalue weighted by Gasteiger charge is 2.31. The van der Waals surface area contributed by atoms with Gasteiger partial charge in [0.15, 0.2) is 6.61 Å². The van der Waals surface area contributed by atoms with Crippen LogP contribution in [0.2, 0.25) is 0 Å². The zero-order valence-electron chi connectivity index (χ0n) is 20.9. The van der Waals surface area contributed by atoms with E-state index in [2.05, 4.69) is 34.9 Å². The summed E-state index contributed by atoms with van der Waals surface area (Å²) in [7, 11) is 0. The molecular formula is C30H36N2O4. The zero-order chi connectivity index (χ0) is 25.1. The van der Waals surface area contributed by atoms with Crippen LogP contribution >= 0.6 is 0 Å². The maximum atomic E-state index is 12.6. The SMILES string of the molecule is NC(=O)C1CCCCc2c1c1c(OCC(=O)O)cccc1n2Cc1ccccc1C1CCCCCC1. The van der Waals surface area contributed by atoms with Crippen LogP contribution in [0.15, 0.2) is 42.5 Å². The number of amides is 1. The molecule has 0 aliphatic heterocycles. The largest absolute Gasteiger partial charge is 0.481 e. The van der Waals surface area contributed by atoms with Gasteiger partial charge in [0.1, 0.15) is 5.75 Å². The van der Waals surface area contributed by atoms with Gasteiger partial charge in [-0.15, -0.1) is 0 Å². The maximum absolute atomic E-state index is 12.6. The summed E-state index contributed by atoms with van der Waals surface area (Å²) in [4.78, 5) is 23.9. The third-order valence-electron chi connectivity index (χ3n) is 8.08. The number of carboxylic acid groups (broad SMARTS) is 1. The average Bonchev–Trinajstić information content (AvgIpc) is 3.10. The minimum atomic E-state index is -1.03. The van der Waals surface area contributed by atoms with Crippen LogP contribution < -0.4 is 10.5 Å². The highest BCUT2D eigenvalue weighted by molar-refractivity contribution is 5.97. The number of carbonyl (C=O) groups is 2. The molecule has 3 aromatic rings. The summed E-state index contributed by atoms with van der Waals surface area (Å²) in [6.45, 7) is 0.289. The maximum Gasteiger partial charge on any atom is 0.341 e. The number of fused-ring (bicyclic) bond motifs is 3. The summed E-state index contributed by atoms with van der Waals surface area (Å²) in [6, 6.07) is 14.6. The second-order valence-electron chi connectivity index (χ2n) is 10.4. The van der Waals surface area contributed by atoms with E-state index in [0.717, 1.165) is 41.4 Å². The fourth-order valence-corrected chi connectivity index (χ4v) is 6.44. The standard InChI is InChI=1S/C30H36N2O4/c31-30(35)23-14-7-8-15-24-28(23)29-25(16-9-17-26(29)36-19-27(33)34)32(24)18-21-12-5-6-13-22(21)20-10-3-1-2-4-11-20/h5-6,9,12-13,16-17,20,23H,1-4,7-8,10-11,14-15,18-19H2,(H2,31,35)(H,33,34). The molecule has 5 rings (SSSR count). The Bertz CT molecular complexity index is 1250. The minimum absolute atomic E-state index is 0.330. The van der Waals surface area contributed by atoms with Gasteiger partial charge >= 0.3 is 5.97 Å². The number of carbonyl (C=O) groups excluding carboxylic acids is 1. The molecule has 3 N–H and O–H groups in total. The molecule has 1 aromatic heterocycles. The third kappa shape index (κ3) is 4.86. The molecule has 6 heteroatoms. The first-order chi connectivity index (χ1) is 17.5. The zero-order valence-corrected chi connectivity index (χ0v) is 20.9. The highest BCUT2D eigenvalue weighted by atomic mass is 16.5. The molecule has 1 amide bonds. The Balaban J connectivity index is 1.66. The van der Waals surface area contributed by atoms with Crippen LogP contribution in [-0.4, -0.2) is 28.2 Å². The number of aromatic nitrogens is 1. The molecular weight excluding hydrogens is 452 g/mol. The number of nitrogens with two attached hydrogens (primary N) is 1. The summed E-state index contributed by atoms with van der Waals surface area (Å²) >= 11 is 0. The van der Waals surface area contributed by atoms with Crippen LogP contribution in [0.25, 0.3) is 10.9 Å². The fraction of sp³-hybridized carbons (Fsp3) is 0.467. The molecule has 0 spiro atoms. The van der Waals surface area contributed by atoms with E-state index >= 15 is 0 Å². The number of hydrogen-bond donors (Lipinski definition) is 2. The summed E-state index contributed by atoms with van der Waals surface area (Å²) < 4.78 is 8.09. The van der Waals surface area contributed by atoms with Crippen molar-refractivity contribution in [3.8, 4) is 5.75 Å². The van der Waals surface area contributed by atoms with Gasteiger partial charge < -0.3 is 20.1 Å².